The molecule has 2 heterocycles. The van der Waals surface area contributed by atoms with Crippen LogP contribution in [-0.2, 0) is 4.79 Å². The van der Waals surface area contributed by atoms with Gasteiger partial charge in [-0.05, 0) is 62.2 Å². The number of rotatable bonds is 4. The number of nitrogens with zero attached hydrogens (tertiary/aromatic N) is 2. The van der Waals surface area contributed by atoms with Crippen LogP contribution in [0.15, 0.2) is 59.5 Å². The molecule has 1 aliphatic rings. The molecule has 6 heteroatoms. The Morgan fingerprint density at radius 2 is 1.67 bits per heavy atom. The van der Waals surface area contributed by atoms with E-state index in [2.05, 4.69) is 43.5 Å². The highest BCUT2D eigenvalue weighted by Crippen LogP contribution is 2.40. The van der Waals surface area contributed by atoms with Gasteiger partial charge < -0.3 is 9.30 Å². The van der Waals surface area contributed by atoms with E-state index in [1.807, 2.05) is 42.5 Å². The molecule has 3 aromatic rings. The molecule has 0 spiro atoms. The number of carbonyl (C=O) groups excluding carboxylic acids is 1. The number of hydrogen-bond acceptors (Lipinski definition) is 4. The van der Waals surface area contributed by atoms with E-state index in [4.69, 9.17) is 17.0 Å². The Morgan fingerprint density at radius 3 is 2.37 bits per heavy atom. The third kappa shape index (κ3) is 3.46. The van der Waals surface area contributed by atoms with Gasteiger partial charge >= 0.3 is 0 Å². The van der Waals surface area contributed by atoms with Crippen LogP contribution in [0.4, 0.5) is 5.69 Å². The topological polar surface area (TPSA) is 34.5 Å². The van der Waals surface area contributed by atoms with Crippen molar-refractivity contribution < 1.29 is 9.53 Å². The van der Waals surface area contributed by atoms with Gasteiger partial charge in [0.05, 0.1) is 17.7 Å². The average molecular weight is 435 g/mol. The summed E-state index contributed by atoms with van der Waals surface area (Å²) in [5.41, 5.74) is 6.23. The summed E-state index contributed by atoms with van der Waals surface area (Å²) in [5.74, 6) is 0.489. The number of benzene rings is 2. The maximum atomic E-state index is 13.2. The number of methoxy groups -OCH3 is 1. The molecule has 0 N–H and O–H groups in total. The fourth-order valence-corrected chi connectivity index (χ4v) is 5.03. The van der Waals surface area contributed by atoms with Crippen molar-refractivity contribution in [2.45, 2.75) is 20.8 Å². The number of carbonyl (C=O) groups is 1. The van der Waals surface area contributed by atoms with Crippen LogP contribution >= 0.6 is 24.0 Å². The third-order valence-electron chi connectivity index (χ3n) is 5.23. The van der Waals surface area contributed by atoms with Crippen molar-refractivity contribution in [1.82, 2.24) is 4.57 Å². The molecule has 4 nitrogen and oxygen atoms in total. The zero-order valence-corrected chi connectivity index (χ0v) is 18.9. The molecule has 0 atom stereocenters. The Balaban J connectivity index is 1.73. The largest absolute Gasteiger partial charge is 0.495 e. The zero-order valence-electron chi connectivity index (χ0n) is 17.3. The van der Waals surface area contributed by atoms with E-state index in [0.717, 1.165) is 22.6 Å². The van der Waals surface area contributed by atoms with Gasteiger partial charge in [-0.2, -0.15) is 0 Å². The molecule has 30 heavy (non-hydrogen) atoms. The first-order valence-corrected chi connectivity index (χ1v) is 10.8. The zero-order chi connectivity index (χ0) is 21.4. The minimum atomic E-state index is -0.129. The average Bonchev–Trinajstić information content (AvgIpc) is 3.17. The van der Waals surface area contributed by atoms with Gasteiger partial charge in [0.15, 0.2) is 4.32 Å². The van der Waals surface area contributed by atoms with Crippen LogP contribution in [0.3, 0.4) is 0 Å². The van der Waals surface area contributed by atoms with E-state index >= 15 is 0 Å². The van der Waals surface area contributed by atoms with Crippen LogP contribution in [-0.4, -0.2) is 21.9 Å². The fourth-order valence-electron chi connectivity index (χ4n) is 3.75. The standard InChI is InChI=1S/C24H22N2O2S2/c1-15-9-5-6-10-19(15)25-16(2)13-18(17(25)3)14-22-23(27)26(24(29)30-22)20-11-7-8-12-21(20)28-4/h5-14H,1-4H3/b22-14-. The molecule has 4 rings (SSSR count). The molecule has 1 fully saturated rings. The second kappa shape index (κ2) is 8.13. The first-order chi connectivity index (χ1) is 14.4. The molecule has 1 aromatic heterocycles. The van der Waals surface area contributed by atoms with Crippen molar-refractivity contribution in [1.29, 1.82) is 0 Å². The first kappa shape index (κ1) is 20.4. The number of amides is 1. The molecule has 0 unspecified atom stereocenters. The number of ether oxygens (including phenoxy) is 1. The molecule has 0 bridgehead atoms. The number of para-hydroxylation sites is 3. The van der Waals surface area contributed by atoms with Gasteiger partial charge in [0.1, 0.15) is 5.75 Å². The number of hydrogen-bond donors (Lipinski definition) is 0. The Hall–Kier alpha value is -2.83. The van der Waals surface area contributed by atoms with Crippen LogP contribution in [0.1, 0.15) is 22.5 Å². The molecular formula is C24H22N2O2S2. The lowest BCUT2D eigenvalue weighted by Gasteiger charge is -2.17. The van der Waals surface area contributed by atoms with Crippen LogP contribution in [0, 0.1) is 20.8 Å². The van der Waals surface area contributed by atoms with Gasteiger partial charge in [0.2, 0.25) is 0 Å². The molecule has 1 saturated heterocycles. The van der Waals surface area contributed by atoms with Crippen LogP contribution < -0.4 is 9.64 Å². The highest BCUT2D eigenvalue weighted by molar-refractivity contribution is 8.27. The van der Waals surface area contributed by atoms with Crippen molar-refractivity contribution in [3.63, 3.8) is 0 Å². The molecular weight excluding hydrogens is 412 g/mol. The van der Waals surface area contributed by atoms with Crippen LogP contribution in [0.2, 0.25) is 0 Å². The van der Waals surface area contributed by atoms with Gasteiger partial charge in [0.25, 0.3) is 5.91 Å². The number of thioether (sulfide) groups is 1. The maximum Gasteiger partial charge on any atom is 0.270 e. The summed E-state index contributed by atoms with van der Waals surface area (Å²) in [6, 6.07) is 17.8. The normalized spacial score (nSPS) is 15.3. The van der Waals surface area contributed by atoms with E-state index < -0.39 is 0 Å². The maximum absolute atomic E-state index is 13.2. The molecule has 0 aliphatic carbocycles. The van der Waals surface area contributed by atoms with Crippen molar-refractivity contribution in [3.05, 3.63) is 82.0 Å². The number of anilines is 1. The van der Waals surface area contributed by atoms with Gasteiger partial charge in [0, 0.05) is 17.1 Å². The Kier molecular flexibility index (Phi) is 5.54. The quantitative estimate of drug-likeness (QED) is 0.383. The Labute approximate surface area is 186 Å². The second-order valence-electron chi connectivity index (χ2n) is 7.14. The highest BCUT2D eigenvalue weighted by Gasteiger charge is 2.35. The lowest BCUT2D eigenvalue weighted by molar-refractivity contribution is -0.113. The van der Waals surface area contributed by atoms with Crippen LogP contribution in [0.5, 0.6) is 5.75 Å². The minimum Gasteiger partial charge on any atom is -0.495 e. The van der Waals surface area contributed by atoms with E-state index in [1.165, 1.54) is 17.3 Å². The second-order valence-corrected chi connectivity index (χ2v) is 8.81. The van der Waals surface area contributed by atoms with E-state index in [0.29, 0.717) is 20.7 Å². The van der Waals surface area contributed by atoms with Gasteiger partial charge in [-0.25, -0.2) is 0 Å². The summed E-state index contributed by atoms with van der Waals surface area (Å²) < 4.78 is 8.15. The summed E-state index contributed by atoms with van der Waals surface area (Å²) in [6.07, 6.45) is 1.94. The smallest absolute Gasteiger partial charge is 0.270 e. The highest BCUT2D eigenvalue weighted by atomic mass is 32.2. The predicted octanol–water partition coefficient (Wildman–Crippen LogP) is 5.82. The first-order valence-electron chi connectivity index (χ1n) is 9.58. The molecule has 2 aromatic carbocycles. The lowest BCUT2D eigenvalue weighted by Crippen LogP contribution is -2.27. The predicted molar refractivity (Wildman–Crippen MR) is 129 cm³/mol. The minimum absolute atomic E-state index is 0.129. The Morgan fingerprint density at radius 1 is 1.00 bits per heavy atom. The summed E-state index contributed by atoms with van der Waals surface area (Å²) >= 11 is 6.84. The van der Waals surface area contributed by atoms with Crippen molar-refractivity contribution >= 4 is 46.0 Å². The number of aryl methyl sites for hydroxylation is 2. The monoisotopic (exact) mass is 434 g/mol. The summed E-state index contributed by atoms with van der Waals surface area (Å²) in [4.78, 5) is 15.4. The lowest BCUT2D eigenvalue weighted by atomic mass is 10.2. The Bertz CT molecular complexity index is 1190. The molecule has 0 radical (unpaired) electrons. The third-order valence-corrected chi connectivity index (χ3v) is 6.54. The summed E-state index contributed by atoms with van der Waals surface area (Å²) in [5, 5.41) is 0. The summed E-state index contributed by atoms with van der Waals surface area (Å²) in [6.45, 7) is 6.26. The molecule has 1 aliphatic heterocycles. The molecule has 152 valence electrons. The van der Waals surface area contributed by atoms with E-state index in [-0.39, 0.29) is 5.91 Å². The number of aromatic nitrogens is 1. The fraction of sp³-hybridized carbons (Fsp3) is 0.167. The molecule has 1 amide bonds. The van der Waals surface area contributed by atoms with E-state index in [9.17, 15) is 4.79 Å². The van der Waals surface area contributed by atoms with Crippen molar-refractivity contribution in [2.75, 3.05) is 12.0 Å². The van der Waals surface area contributed by atoms with Crippen LogP contribution in [0.25, 0.3) is 11.8 Å². The van der Waals surface area contributed by atoms with Gasteiger partial charge in [-0.3, -0.25) is 9.69 Å². The van der Waals surface area contributed by atoms with Gasteiger partial charge in [-0.1, -0.05) is 54.3 Å². The van der Waals surface area contributed by atoms with E-state index in [1.54, 1.807) is 12.0 Å². The van der Waals surface area contributed by atoms with Crippen molar-refractivity contribution in [2.24, 2.45) is 0 Å². The number of thiocarbonyl (C=S) groups is 1. The summed E-state index contributed by atoms with van der Waals surface area (Å²) in [7, 11) is 1.59. The van der Waals surface area contributed by atoms with Gasteiger partial charge in [-0.15, -0.1) is 0 Å². The molecule has 0 saturated carbocycles. The van der Waals surface area contributed by atoms with Crippen molar-refractivity contribution in [3.8, 4) is 11.4 Å². The SMILES string of the molecule is COc1ccccc1N1C(=O)/C(=C/c2cc(C)n(-c3ccccc3C)c2C)SC1=S.